The molecule has 1 aromatic carbocycles. The van der Waals surface area contributed by atoms with Crippen LogP contribution in [0.2, 0.25) is 0 Å². The van der Waals surface area contributed by atoms with Crippen LogP contribution in [0.5, 0.6) is 0 Å². The minimum Gasteiger partial charge on any atom is -0.368 e. The van der Waals surface area contributed by atoms with Gasteiger partial charge in [-0.3, -0.25) is 14.9 Å². The summed E-state index contributed by atoms with van der Waals surface area (Å²) >= 11 is 0. The summed E-state index contributed by atoms with van der Waals surface area (Å²) < 4.78 is 26.4. The number of hydrogen-bond donors (Lipinski definition) is 1. The van der Waals surface area contributed by atoms with Crippen LogP contribution in [0.3, 0.4) is 0 Å². The second-order valence-corrected chi connectivity index (χ2v) is 3.65. The van der Waals surface area contributed by atoms with Gasteiger partial charge in [0.25, 0.3) is 5.69 Å². The van der Waals surface area contributed by atoms with Gasteiger partial charge in [0.2, 0.25) is 5.91 Å². The third-order valence-corrected chi connectivity index (χ3v) is 2.18. The monoisotopic (exact) mass is 259 g/mol. The minimum atomic E-state index is -1.38. The van der Waals surface area contributed by atoms with E-state index in [-0.39, 0.29) is 6.54 Å². The average Bonchev–Trinajstić information content (AvgIpc) is 2.29. The predicted molar refractivity (Wildman–Crippen MR) is 60.2 cm³/mol. The largest absolute Gasteiger partial charge is 0.368 e. The van der Waals surface area contributed by atoms with Gasteiger partial charge in [0, 0.05) is 20.2 Å². The normalized spacial score (nSPS) is 10.0. The molecule has 0 aliphatic heterocycles. The van der Waals surface area contributed by atoms with Gasteiger partial charge in [-0.25, -0.2) is 8.78 Å². The van der Waals surface area contributed by atoms with Gasteiger partial charge in [-0.1, -0.05) is 0 Å². The van der Waals surface area contributed by atoms with Gasteiger partial charge < -0.3 is 10.2 Å². The molecule has 0 fully saturated rings. The Morgan fingerprint density at radius 1 is 1.44 bits per heavy atom. The van der Waals surface area contributed by atoms with Crippen molar-refractivity contribution in [1.29, 1.82) is 0 Å². The molecule has 1 amide bonds. The molecule has 0 aliphatic carbocycles. The fourth-order valence-electron chi connectivity index (χ4n) is 1.18. The van der Waals surface area contributed by atoms with E-state index in [0.29, 0.717) is 6.07 Å². The van der Waals surface area contributed by atoms with Crippen molar-refractivity contribution in [3.8, 4) is 0 Å². The van der Waals surface area contributed by atoms with Gasteiger partial charge in [-0.05, 0) is 6.07 Å². The number of hydrogen-bond acceptors (Lipinski definition) is 4. The molecule has 98 valence electrons. The lowest BCUT2D eigenvalue weighted by Crippen LogP contribution is -2.29. The highest BCUT2D eigenvalue weighted by atomic mass is 19.2. The summed E-state index contributed by atoms with van der Waals surface area (Å²) in [6.45, 7) is -0.367. The van der Waals surface area contributed by atoms with E-state index in [1.165, 1.54) is 19.0 Å². The van der Waals surface area contributed by atoms with Crippen molar-refractivity contribution in [2.45, 2.75) is 0 Å². The summed E-state index contributed by atoms with van der Waals surface area (Å²) in [6.07, 6.45) is 0. The second-order valence-electron chi connectivity index (χ2n) is 3.65. The average molecular weight is 259 g/mol. The van der Waals surface area contributed by atoms with Gasteiger partial charge in [-0.15, -0.1) is 0 Å². The number of likely N-dealkylation sites (N-methyl/N-ethyl adjacent to an activating group) is 1. The first-order valence-electron chi connectivity index (χ1n) is 4.91. The molecule has 0 radical (unpaired) electrons. The van der Waals surface area contributed by atoms with Crippen LogP contribution >= 0.6 is 0 Å². The summed E-state index contributed by atoms with van der Waals surface area (Å²) in [4.78, 5) is 22.3. The number of nitro benzene ring substituents is 1. The maximum absolute atomic E-state index is 13.4. The minimum absolute atomic E-state index is 0.367. The van der Waals surface area contributed by atoms with Gasteiger partial charge >= 0.3 is 0 Å². The van der Waals surface area contributed by atoms with Gasteiger partial charge in [0.15, 0.2) is 17.3 Å². The Balaban J connectivity index is 3.03. The summed E-state index contributed by atoms with van der Waals surface area (Å²) in [5.41, 5.74) is -1.25. The molecule has 1 rings (SSSR count). The van der Waals surface area contributed by atoms with Crippen LogP contribution in [0.25, 0.3) is 0 Å². The van der Waals surface area contributed by atoms with Gasteiger partial charge in [0.1, 0.15) is 0 Å². The van der Waals surface area contributed by atoms with Crippen LogP contribution in [0.15, 0.2) is 12.1 Å². The summed E-state index contributed by atoms with van der Waals surface area (Å²) in [5.74, 6) is -3.02. The molecular weight excluding hydrogens is 248 g/mol. The molecule has 8 heteroatoms. The molecule has 0 unspecified atom stereocenters. The van der Waals surface area contributed by atoms with Crippen LogP contribution in [0.1, 0.15) is 0 Å². The van der Waals surface area contributed by atoms with Crippen molar-refractivity contribution in [3.05, 3.63) is 33.9 Å². The predicted octanol–water partition coefficient (Wildman–Crippen LogP) is 1.37. The number of rotatable bonds is 4. The highest BCUT2D eigenvalue weighted by Gasteiger charge is 2.22. The van der Waals surface area contributed by atoms with E-state index in [0.717, 1.165) is 6.07 Å². The van der Waals surface area contributed by atoms with E-state index in [2.05, 4.69) is 5.32 Å². The summed E-state index contributed by atoms with van der Waals surface area (Å²) in [5, 5.41) is 12.9. The molecule has 0 saturated carbocycles. The number of nitrogens with zero attached hydrogens (tertiary/aromatic N) is 2. The number of benzene rings is 1. The lowest BCUT2D eigenvalue weighted by molar-refractivity contribution is -0.384. The zero-order chi connectivity index (χ0) is 13.9. The number of nitrogens with one attached hydrogen (secondary N) is 1. The lowest BCUT2D eigenvalue weighted by Gasteiger charge is -2.12. The number of halogens is 2. The number of nitro groups is 1. The fraction of sp³-hybridized carbons (Fsp3) is 0.300. The third kappa shape index (κ3) is 2.90. The number of carbonyl (C=O) groups excluding carboxylic acids is 1. The van der Waals surface area contributed by atoms with Crippen molar-refractivity contribution in [3.63, 3.8) is 0 Å². The molecule has 0 atom stereocenters. The van der Waals surface area contributed by atoms with Crippen molar-refractivity contribution in [2.24, 2.45) is 0 Å². The first-order valence-corrected chi connectivity index (χ1v) is 4.91. The molecule has 0 spiro atoms. The number of carbonyl (C=O) groups is 1. The highest BCUT2D eigenvalue weighted by Crippen LogP contribution is 2.28. The molecule has 0 aliphatic rings. The molecule has 1 N–H and O–H groups in total. The van der Waals surface area contributed by atoms with Gasteiger partial charge in [-0.2, -0.15) is 0 Å². The van der Waals surface area contributed by atoms with E-state index in [4.69, 9.17) is 0 Å². The standard InChI is InChI=1S/C10H11F2N3O3/c1-14(2)8(16)5-13-10-7(15(17)18)4-3-6(11)9(10)12/h3-4,13H,5H2,1-2H3. The Labute approximate surface area is 101 Å². The maximum atomic E-state index is 13.4. The number of anilines is 1. The van der Waals surface area contributed by atoms with Crippen molar-refractivity contribution < 1.29 is 18.5 Å². The van der Waals surface area contributed by atoms with Gasteiger partial charge in [0.05, 0.1) is 11.5 Å². The molecule has 1 aromatic rings. The first-order chi connectivity index (χ1) is 8.34. The first kappa shape index (κ1) is 13.8. The second kappa shape index (κ2) is 5.39. The Hall–Kier alpha value is -2.25. The molecule has 0 heterocycles. The summed E-state index contributed by atoms with van der Waals surface area (Å²) in [7, 11) is 2.95. The topological polar surface area (TPSA) is 75.5 Å². The van der Waals surface area contributed by atoms with Crippen molar-refractivity contribution in [1.82, 2.24) is 4.90 Å². The maximum Gasteiger partial charge on any atom is 0.295 e. The zero-order valence-corrected chi connectivity index (χ0v) is 9.74. The molecule has 0 aromatic heterocycles. The summed E-state index contributed by atoms with van der Waals surface area (Å²) in [6, 6.07) is 1.49. The lowest BCUT2D eigenvalue weighted by atomic mass is 10.2. The van der Waals surface area contributed by atoms with Crippen LogP contribution in [-0.2, 0) is 4.79 Å². The van der Waals surface area contributed by atoms with Crippen LogP contribution in [0, 0.1) is 21.7 Å². The Morgan fingerprint density at radius 2 is 2.06 bits per heavy atom. The van der Waals surface area contributed by atoms with E-state index < -0.39 is 33.8 Å². The van der Waals surface area contributed by atoms with E-state index >= 15 is 0 Å². The van der Waals surface area contributed by atoms with Crippen LogP contribution < -0.4 is 5.32 Å². The quantitative estimate of drug-likeness (QED) is 0.654. The Morgan fingerprint density at radius 3 is 2.56 bits per heavy atom. The smallest absolute Gasteiger partial charge is 0.295 e. The highest BCUT2D eigenvalue weighted by molar-refractivity contribution is 5.81. The molecule has 0 bridgehead atoms. The molecule has 6 nitrogen and oxygen atoms in total. The Kier molecular flexibility index (Phi) is 4.13. The fourth-order valence-corrected chi connectivity index (χ4v) is 1.18. The molecular formula is C10H11F2N3O3. The van der Waals surface area contributed by atoms with E-state index in [1.54, 1.807) is 0 Å². The van der Waals surface area contributed by atoms with E-state index in [9.17, 15) is 23.7 Å². The Bertz CT molecular complexity index is 492. The van der Waals surface area contributed by atoms with Crippen molar-refractivity contribution in [2.75, 3.05) is 26.0 Å². The SMILES string of the molecule is CN(C)C(=O)CNc1c([N+](=O)[O-])ccc(F)c1F. The van der Waals surface area contributed by atoms with E-state index in [1.807, 2.05) is 0 Å². The molecule has 0 saturated heterocycles. The van der Waals surface area contributed by atoms with Crippen molar-refractivity contribution >= 4 is 17.3 Å². The van der Waals surface area contributed by atoms with Crippen LogP contribution in [-0.4, -0.2) is 36.4 Å². The zero-order valence-electron chi connectivity index (χ0n) is 9.74. The number of amides is 1. The molecule has 18 heavy (non-hydrogen) atoms. The van der Waals surface area contributed by atoms with Crippen LogP contribution in [0.4, 0.5) is 20.2 Å². The third-order valence-electron chi connectivity index (χ3n) is 2.18.